The fourth-order valence-corrected chi connectivity index (χ4v) is 2.45. The second-order valence-electron chi connectivity index (χ2n) is 3.34. The van der Waals surface area contributed by atoms with E-state index in [2.05, 4.69) is 20.8 Å². The first-order valence-corrected chi connectivity index (χ1v) is 5.42. The van der Waals surface area contributed by atoms with E-state index in [4.69, 9.17) is 15.4 Å². The van der Waals surface area contributed by atoms with Crippen molar-refractivity contribution in [2.45, 2.75) is 13.3 Å². The largest absolute Gasteiger partial charge is 0.454 e. The number of halogens is 1. The number of rotatable bonds is 3. The van der Waals surface area contributed by atoms with Crippen molar-refractivity contribution in [3.8, 4) is 11.5 Å². The predicted molar refractivity (Wildman–Crippen MR) is 58.8 cm³/mol. The van der Waals surface area contributed by atoms with Gasteiger partial charge in [-0.25, -0.2) is 5.90 Å². The summed E-state index contributed by atoms with van der Waals surface area (Å²) < 4.78 is 11.6. The number of nitrogens with two attached hydrogens (primary N) is 1. The minimum atomic E-state index is 0.282. The van der Waals surface area contributed by atoms with Gasteiger partial charge in [-0.3, -0.25) is 0 Å². The van der Waals surface area contributed by atoms with E-state index in [-0.39, 0.29) is 6.79 Å². The molecule has 2 N–H and O–H groups in total. The molecule has 1 heterocycles. The Morgan fingerprint density at radius 2 is 2.33 bits per heavy atom. The van der Waals surface area contributed by atoms with Crippen LogP contribution in [0, 0.1) is 6.92 Å². The van der Waals surface area contributed by atoms with Gasteiger partial charge >= 0.3 is 0 Å². The Labute approximate surface area is 96.4 Å². The second kappa shape index (κ2) is 4.38. The van der Waals surface area contributed by atoms with Crippen LogP contribution in [0.1, 0.15) is 11.1 Å². The lowest BCUT2D eigenvalue weighted by Gasteiger charge is -2.10. The molecule has 0 bridgehead atoms. The highest BCUT2D eigenvalue weighted by molar-refractivity contribution is 9.10. The van der Waals surface area contributed by atoms with Crippen LogP contribution in [-0.2, 0) is 11.3 Å². The smallest absolute Gasteiger partial charge is 0.231 e. The zero-order chi connectivity index (χ0) is 10.8. The molecule has 0 aromatic heterocycles. The van der Waals surface area contributed by atoms with Crippen LogP contribution in [0.4, 0.5) is 0 Å². The minimum Gasteiger partial charge on any atom is -0.454 e. The van der Waals surface area contributed by atoms with Gasteiger partial charge in [0.2, 0.25) is 6.79 Å². The molecule has 1 aromatic carbocycles. The van der Waals surface area contributed by atoms with Gasteiger partial charge in [0.25, 0.3) is 0 Å². The molecule has 0 spiro atoms. The molecule has 1 aromatic rings. The summed E-state index contributed by atoms with van der Waals surface area (Å²) in [5, 5.41) is 0. The van der Waals surface area contributed by atoms with E-state index in [9.17, 15) is 0 Å². The first-order valence-electron chi connectivity index (χ1n) is 4.63. The molecule has 0 aliphatic carbocycles. The maximum atomic E-state index is 5.36. The number of hydrogen-bond acceptors (Lipinski definition) is 4. The molecule has 4 nitrogen and oxygen atoms in total. The van der Waals surface area contributed by atoms with E-state index in [0.717, 1.165) is 33.5 Å². The van der Waals surface area contributed by atoms with Crippen molar-refractivity contribution < 1.29 is 14.3 Å². The van der Waals surface area contributed by atoms with E-state index in [1.807, 2.05) is 13.0 Å². The molecule has 1 aliphatic rings. The molecule has 2 rings (SSSR count). The molecule has 0 saturated carbocycles. The van der Waals surface area contributed by atoms with E-state index in [1.165, 1.54) is 0 Å². The quantitative estimate of drug-likeness (QED) is 0.855. The molecule has 0 fully saturated rings. The predicted octanol–water partition coefficient (Wildman–Crippen LogP) is 1.92. The van der Waals surface area contributed by atoms with Crippen LogP contribution < -0.4 is 15.4 Å². The lowest BCUT2D eigenvalue weighted by molar-refractivity contribution is 0.141. The number of hydrogen-bond donors (Lipinski definition) is 1. The Hall–Kier alpha value is -0.780. The molecule has 0 amide bonds. The number of fused-ring (bicyclic) bond motifs is 1. The Morgan fingerprint density at radius 1 is 1.53 bits per heavy atom. The highest BCUT2D eigenvalue weighted by Crippen LogP contribution is 2.42. The summed E-state index contributed by atoms with van der Waals surface area (Å²) in [6, 6.07) is 1.97. The van der Waals surface area contributed by atoms with Gasteiger partial charge in [0.15, 0.2) is 11.5 Å². The Bertz CT molecular complexity index is 381. The van der Waals surface area contributed by atoms with Crippen LogP contribution in [0.5, 0.6) is 11.5 Å². The van der Waals surface area contributed by atoms with Crippen LogP contribution in [0.25, 0.3) is 0 Å². The van der Waals surface area contributed by atoms with Gasteiger partial charge in [0, 0.05) is 0 Å². The molecule has 1 aliphatic heterocycles. The third-order valence-corrected chi connectivity index (χ3v) is 3.24. The summed E-state index contributed by atoms with van der Waals surface area (Å²) in [7, 11) is 0. The summed E-state index contributed by atoms with van der Waals surface area (Å²) in [5.41, 5.74) is 2.29. The zero-order valence-electron chi connectivity index (χ0n) is 8.38. The third kappa shape index (κ3) is 1.95. The maximum absolute atomic E-state index is 5.36. The first-order chi connectivity index (χ1) is 7.24. The molecule has 15 heavy (non-hydrogen) atoms. The lowest BCUT2D eigenvalue weighted by atomic mass is 10.1. The monoisotopic (exact) mass is 273 g/mol. The van der Waals surface area contributed by atoms with E-state index < -0.39 is 0 Å². The summed E-state index contributed by atoms with van der Waals surface area (Å²) in [4.78, 5) is 4.58. The molecular weight excluding hydrogens is 262 g/mol. The molecule has 82 valence electrons. The van der Waals surface area contributed by atoms with Crippen molar-refractivity contribution in [3.63, 3.8) is 0 Å². The SMILES string of the molecule is Cc1cc2c(c(Br)c1CCON)OCO2. The maximum Gasteiger partial charge on any atom is 0.231 e. The van der Waals surface area contributed by atoms with Crippen LogP contribution in [-0.4, -0.2) is 13.4 Å². The Morgan fingerprint density at radius 3 is 3.07 bits per heavy atom. The van der Waals surface area contributed by atoms with Crippen LogP contribution >= 0.6 is 15.9 Å². The van der Waals surface area contributed by atoms with Gasteiger partial charge in [0.05, 0.1) is 11.1 Å². The third-order valence-electron chi connectivity index (χ3n) is 2.40. The van der Waals surface area contributed by atoms with Gasteiger partial charge in [0.1, 0.15) is 0 Å². The fourth-order valence-electron chi connectivity index (χ4n) is 1.63. The molecule has 0 atom stereocenters. The van der Waals surface area contributed by atoms with Gasteiger partial charge in [-0.05, 0) is 46.5 Å². The highest BCUT2D eigenvalue weighted by atomic mass is 79.9. The van der Waals surface area contributed by atoms with Gasteiger partial charge in [-0.15, -0.1) is 0 Å². The molecule has 0 radical (unpaired) electrons. The van der Waals surface area contributed by atoms with Crippen LogP contribution in [0.2, 0.25) is 0 Å². The normalized spacial score (nSPS) is 13.3. The summed E-state index contributed by atoms with van der Waals surface area (Å²) in [5.74, 6) is 6.58. The standard InChI is InChI=1S/C10H12BrNO3/c1-6-4-8-10(14-5-13-8)9(11)7(6)2-3-15-12/h4H,2-3,5,12H2,1H3. The van der Waals surface area contributed by atoms with Gasteiger partial charge < -0.3 is 14.3 Å². The molecule has 0 unspecified atom stereocenters. The molecule has 0 saturated heterocycles. The van der Waals surface area contributed by atoms with E-state index in [0.29, 0.717) is 6.61 Å². The Kier molecular flexibility index (Phi) is 3.14. The fraction of sp³-hybridized carbons (Fsp3) is 0.400. The summed E-state index contributed by atoms with van der Waals surface area (Å²) in [6.07, 6.45) is 0.750. The van der Waals surface area contributed by atoms with Crippen molar-refractivity contribution in [2.24, 2.45) is 5.90 Å². The summed E-state index contributed by atoms with van der Waals surface area (Å²) in [6.45, 7) is 2.79. The van der Waals surface area contributed by atoms with Gasteiger partial charge in [-0.2, -0.15) is 0 Å². The van der Waals surface area contributed by atoms with E-state index >= 15 is 0 Å². The average Bonchev–Trinajstić information content (AvgIpc) is 2.65. The van der Waals surface area contributed by atoms with Crippen molar-refractivity contribution in [2.75, 3.05) is 13.4 Å². The van der Waals surface area contributed by atoms with Crippen molar-refractivity contribution >= 4 is 15.9 Å². The Balaban J connectivity index is 2.37. The number of ether oxygens (including phenoxy) is 2. The van der Waals surface area contributed by atoms with Crippen LogP contribution in [0.3, 0.4) is 0 Å². The van der Waals surface area contributed by atoms with Crippen molar-refractivity contribution in [1.29, 1.82) is 0 Å². The van der Waals surface area contributed by atoms with E-state index in [1.54, 1.807) is 0 Å². The van der Waals surface area contributed by atoms with Gasteiger partial charge in [-0.1, -0.05) is 0 Å². The van der Waals surface area contributed by atoms with Crippen molar-refractivity contribution in [3.05, 3.63) is 21.7 Å². The first kappa shape index (κ1) is 10.7. The zero-order valence-corrected chi connectivity index (χ0v) is 9.96. The average molecular weight is 274 g/mol. The number of benzene rings is 1. The van der Waals surface area contributed by atoms with Crippen molar-refractivity contribution in [1.82, 2.24) is 0 Å². The highest BCUT2D eigenvalue weighted by Gasteiger charge is 2.21. The van der Waals surface area contributed by atoms with Crippen LogP contribution in [0.15, 0.2) is 10.5 Å². The number of aryl methyl sites for hydroxylation is 1. The summed E-state index contributed by atoms with van der Waals surface area (Å²) >= 11 is 3.51. The topological polar surface area (TPSA) is 53.7 Å². The minimum absolute atomic E-state index is 0.282. The second-order valence-corrected chi connectivity index (χ2v) is 4.13. The molecule has 5 heteroatoms. The lowest BCUT2D eigenvalue weighted by Crippen LogP contribution is -2.05. The molecular formula is C10H12BrNO3.